The first-order chi connectivity index (χ1) is 8.08. The van der Waals surface area contributed by atoms with Gasteiger partial charge < -0.3 is 5.32 Å². The van der Waals surface area contributed by atoms with Crippen molar-refractivity contribution in [3.8, 4) is 0 Å². The van der Waals surface area contributed by atoms with Crippen molar-refractivity contribution < 1.29 is 4.79 Å². The van der Waals surface area contributed by atoms with Gasteiger partial charge in [-0.1, -0.05) is 15.9 Å². The van der Waals surface area contributed by atoms with Crippen LogP contribution in [0.2, 0.25) is 0 Å². The molecule has 2 nitrogen and oxygen atoms in total. The van der Waals surface area contributed by atoms with E-state index in [1.807, 2.05) is 26.0 Å². The van der Waals surface area contributed by atoms with Gasteiger partial charge in [0.05, 0.1) is 5.25 Å². The van der Waals surface area contributed by atoms with Crippen molar-refractivity contribution >= 4 is 39.3 Å². The van der Waals surface area contributed by atoms with Crippen molar-refractivity contribution in [1.82, 2.24) is 0 Å². The zero-order valence-corrected chi connectivity index (χ0v) is 12.5. The fourth-order valence-electron chi connectivity index (χ4n) is 2.10. The van der Waals surface area contributed by atoms with Crippen LogP contribution in [0.4, 0.5) is 5.69 Å². The van der Waals surface area contributed by atoms with Gasteiger partial charge in [0.1, 0.15) is 0 Å². The van der Waals surface area contributed by atoms with Crippen molar-refractivity contribution in [2.75, 3.05) is 11.1 Å². The molecule has 0 aromatic heterocycles. The lowest BCUT2D eigenvalue weighted by Gasteiger charge is -2.14. The van der Waals surface area contributed by atoms with Crippen molar-refractivity contribution in [3.63, 3.8) is 0 Å². The van der Waals surface area contributed by atoms with E-state index in [1.54, 1.807) is 11.8 Å². The van der Waals surface area contributed by atoms with Gasteiger partial charge in [-0.05, 0) is 55.7 Å². The summed E-state index contributed by atoms with van der Waals surface area (Å²) in [5, 5.41) is 3.20. The highest BCUT2D eigenvalue weighted by Gasteiger charge is 2.24. The Morgan fingerprint density at radius 1 is 1.41 bits per heavy atom. The normalized spacial score (nSPS) is 19.4. The van der Waals surface area contributed by atoms with Crippen LogP contribution in [0.3, 0.4) is 0 Å². The van der Waals surface area contributed by atoms with Crippen molar-refractivity contribution in [3.05, 3.63) is 27.7 Å². The predicted molar refractivity (Wildman–Crippen MR) is 77.7 cm³/mol. The molecule has 0 radical (unpaired) electrons. The number of amides is 1. The van der Waals surface area contributed by atoms with Gasteiger partial charge in [-0.3, -0.25) is 4.79 Å². The Morgan fingerprint density at radius 3 is 2.59 bits per heavy atom. The zero-order valence-electron chi connectivity index (χ0n) is 10.0. The Hall–Kier alpha value is -0.480. The number of hydrogen-bond donors (Lipinski definition) is 1. The molecule has 1 N–H and O–H groups in total. The molecule has 0 bridgehead atoms. The second-order valence-corrected chi connectivity index (χ2v) is 6.63. The van der Waals surface area contributed by atoms with Gasteiger partial charge in [0.2, 0.25) is 5.91 Å². The standard InChI is InChI=1S/C13H16BrNOS/c1-8-6-10(14)7-9(2)12(8)15-13(16)11-4-3-5-17-11/h6-7,11H,3-5H2,1-2H3,(H,15,16). The van der Waals surface area contributed by atoms with Crippen molar-refractivity contribution in [2.24, 2.45) is 0 Å². The van der Waals surface area contributed by atoms with E-state index >= 15 is 0 Å². The third kappa shape index (κ3) is 3.05. The number of carbonyl (C=O) groups is 1. The average molecular weight is 314 g/mol. The lowest BCUT2D eigenvalue weighted by Crippen LogP contribution is -2.23. The number of rotatable bonds is 2. The first kappa shape index (κ1) is 13.0. The molecule has 0 spiro atoms. The fraction of sp³-hybridized carbons (Fsp3) is 0.462. The molecule has 1 fully saturated rings. The van der Waals surface area contributed by atoms with Crippen LogP contribution >= 0.6 is 27.7 Å². The van der Waals surface area contributed by atoms with E-state index in [4.69, 9.17) is 0 Å². The molecule has 1 aliphatic rings. The maximum absolute atomic E-state index is 12.1. The van der Waals surface area contributed by atoms with Crippen molar-refractivity contribution in [1.29, 1.82) is 0 Å². The van der Waals surface area contributed by atoms with E-state index in [2.05, 4.69) is 21.2 Å². The van der Waals surface area contributed by atoms with Crippen LogP contribution in [0.5, 0.6) is 0 Å². The number of aryl methyl sites for hydroxylation is 2. The average Bonchev–Trinajstić information content (AvgIpc) is 2.76. The summed E-state index contributed by atoms with van der Waals surface area (Å²) in [7, 11) is 0. The van der Waals surface area contributed by atoms with Crippen LogP contribution in [0.1, 0.15) is 24.0 Å². The first-order valence-electron chi connectivity index (χ1n) is 5.77. The zero-order chi connectivity index (χ0) is 12.4. The largest absolute Gasteiger partial charge is 0.325 e. The van der Waals surface area contributed by atoms with Crippen LogP contribution in [0, 0.1) is 13.8 Å². The summed E-state index contributed by atoms with van der Waals surface area (Å²) in [6, 6.07) is 4.06. The van der Waals surface area contributed by atoms with E-state index in [9.17, 15) is 4.79 Å². The van der Waals surface area contributed by atoms with E-state index in [0.717, 1.165) is 39.9 Å². The number of hydrogen-bond acceptors (Lipinski definition) is 2. The summed E-state index contributed by atoms with van der Waals surface area (Å²) < 4.78 is 1.06. The fourth-order valence-corrected chi connectivity index (χ4v) is 3.94. The summed E-state index contributed by atoms with van der Waals surface area (Å²) in [4.78, 5) is 12.1. The molecule has 2 rings (SSSR count). The highest BCUT2D eigenvalue weighted by molar-refractivity contribution is 9.10. The van der Waals surface area contributed by atoms with E-state index < -0.39 is 0 Å². The molecule has 17 heavy (non-hydrogen) atoms. The Labute approximate surface area is 115 Å². The summed E-state index contributed by atoms with van der Waals surface area (Å²) >= 11 is 5.23. The first-order valence-corrected chi connectivity index (χ1v) is 7.61. The summed E-state index contributed by atoms with van der Waals surface area (Å²) in [6.45, 7) is 4.05. The van der Waals surface area contributed by atoms with E-state index in [-0.39, 0.29) is 11.2 Å². The third-order valence-corrected chi connectivity index (χ3v) is 4.80. The molecule has 1 heterocycles. The molecule has 1 atom stereocenters. The molecule has 1 aromatic rings. The predicted octanol–water partition coefficient (Wildman–Crippen LogP) is 3.90. The van der Waals surface area contributed by atoms with Gasteiger partial charge in [0, 0.05) is 10.2 Å². The van der Waals surface area contributed by atoms with E-state index in [0.29, 0.717) is 0 Å². The quantitative estimate of drug-likeness (QED) is 0.897. The number of nitrogens with one attached hydrogen (secondary N) is 1. The topological polar surface area (TPSA) is 29.1 Å². The molecule has 1 unspecified atom stereocenters. The molecule has 0 saturated carbocycles. The van der Waals surface area contributed by atoms with Gasteiger partial charge in [0.15, 0.2) is 0 Å². The Kier molecular flexibility index (Phi) is 4.15. The van der Waals surface area contributed by atoms with Gasteiger partial charge in [-0.2, -0.15) is 0 Å². The summed E-state index contributed by atoms with van der Waals surface area (Å²) in [5.41, 5.74) is 3.17. The number of anilines is 1. The minimum atomic E-state index is 0.137. The van der Waals surface area contributed by atoms with Crippen molar-refractivity contribution in [2.45, 2.75) is 31.9 Å². The van der Waals surface area contributed by atoms with Gasteiger partial charge in [-0.15, -0.1) is 11.8 Å². The molecule has 1 amide bonds. The van der Waals surface area contributed by atoms with Gasteiger partial charge >= 0.3 is 0 Å². The molecule has 1 aromatic carbocycles. The molecule has 92 valence electrons. The monoisotopic (exact) mass is 313 g/mol. The maximum atomic E-state index is 12.1. The maximum Gasteiger partial charge on any atom is 0.237 e. The van der Waals surface area contributed by atoms with Crippen LogP contribution in [0.15, 0.2) is 16.6 Å². The molecular formula is C13H16BrNOS. The third-order valence-electron chi connectivity index (χ3n) is 2.97. The molecule has 1 saturated heterocycles. The number of carbonyl (C=O) groups excluding carboxylic acids is 1. The van der Waals surface area contributed by atoms with E-state index in [1.165, 1.54) is 0 Å². The second-order valence-electron chi connectivity index (χ2n) is 4.41. The number of thioether (sulfide) groups is 1. The molecule has 0 aliphatic carbocycles. The summed E-state index contributed by atoms with van der Waals surface area (Å²) in [5.74, 6) is 1.26. The second kappa shape index (κ2) is 5.44. The Morgan fingerprint density at radius 2 is 2.06 bits per heavy atom. The van der Waals surface area contributed by atoms with Crippen LogP contribution in [-0.2, 0) is 4.79 Å². The van der Waals surface area contributed by atoms with Gasteiger partial charge in [0.25, 0.3) is 0 Å². The summed E-state index contributed by atoms with van der Waals surface area (Å²) in [6.07, 6.45) is 2.16. The smallest absolute Gasteiger partial charge is 0.237 e. The van der Waals surface area contributed by atoms with Crippen LogP contribution < -0.4 is 5.32 Å². The molecule has 4 heteroatoms. The van der Waals surface area contributed by atoms with Gasteiger partial charge in [-0.25, -0.2) is 0 Å². The molecular weight excluding hydrogens is 298 g/mol. The minimum Gasteiger partial charge on any atom is -0.325 e. The highest BCUT2D eigenvalue weighted by Crippen LogP contribution is 2.29. The lowest BCUT2D eigenvalue weighted by atomic mass is 10.1. The number of benzene rings is 1. The highest BCUT2D eigenvalue weighted by atomic mass is 79.9. The Balaban J connectivity index is 2.15. The lowest BCUT2D eigenvalue weighted by molar-refractivity contribution is -0.115. The SMILES string of the molecule is Cc1cc(Br)cc(C)c1NC(=O)C1CCCS1. The minimum absolute atomic E-state index is 0.137. The molecule has 1 aliphatic heterocycles. The number of halogens is 1. The Bertz CT molecular complexity index is 418. The van der Waals surface area contributed by atoms with Crippen LogP contribution in [0.25, 0.3) is 0 Å². The van der Waals surface area contributed by atoms with Crippen LogP contribution in [-0.4, -0.2) is 16.9 Å².